The highest BCUT2D eigenvalue weighted by molar-refractivity contribution is 7.79. The topological polar surface area (TPSA) is 9.23 Å². The molecule has 0 heterocycles. The molecule has 3 aromatic carbocycles. The van der Waals surface area contributed by atoms with E-state index in [1.165, 1.54) is 21.5 Å². The first-order chi connectivity index (χ1) is 11.3. The molecule has 0 aliphatic rings. The molecule has 0 radical (unpaired) electrons. The van der Waals surface area contributed by atoms with Gasteiger partial charge in [0.2, 0.25) is 0 Å². The Bertz CT molecular complexity index is 701. The van der Waals surface area contributed by atoms with Gasteiger partial charge in [0.25, 0.3) is 0 Å². The van der Waals surface area contributed by atoms with E-state index in [-0.39, 0.29) is 6.10 Å². The number of rotatable bonds is 5. The first-order valence-electron chi connectivity index (χ1n) is 7.83. The van der Waals surface area contributed by atoms with Gasteiger partial charge in [-0.3, -0.25) is 0 Å². The quantitative estimate of drug-likeness (QED) is 0.642. The molecular weight excluding hydrogens is 299 g/mol. The summed E-state index contributed by atoms with van der Waals surface area (Å²) in [6, 6.07) is 30.2. The summed E-state index contributed by atoms with van der Waals surface area (Å²) < 4.78 is 5.61. The largest absolute Gasteiger partial charge is 0.377 e. The van der Waals surface area contributed by atoms with Gasteiger partial charge in [0, 0.05) is 7.11 Å². The molecule has 23 heavy (non-hydrogen) atoms. The lowest BCUT2D eigenvalue weighted by molar-refractivity contribution is 0.120. The van der Waals surface area contributed by atoms with E-state index in [4.69, 9.17) is 4.74 Å². The SMILES string of the molecule is COC(C)c1ccccc1P(c1ccccc1)c1ccccc1. The fourth-order valence-corrected chi connectivity index (χ4v) is 5.29. The van der Waals surface area contributed by atoms with Crippen molar-refractivity contribution < 1.29 is 4.74 Å². The fourth-order valence-electron chi connectivity index (χ4n) is 2.74. The molecule has 0 bridgehead atoms. The second kappa shape index (κ2) is 7.55. The summed E-state index contributed by atoms with van der Waals surface area (Å²) in [5, 5.41) is 4.10. The number of methoxy groups -OCH3 is 1. The van der Waals surface area contributed by atoms with E-state index >= 15 is 0 Å². The van der Waals surface area contributed by atoms with Crippen molar-refractivity contribution in [1.29, 1.82) is 0 Å². The first-order valence-corrected chi connectivity index (χ1v) is 9.17. The van der Waals surface area contributed by atoms with Crippen LogP contribution < -0.4 is 15.9 Å². The summed E-state index contributed by atoms with van der Waals surface area (Å²) >= 11 is 0. The van der Waals surface area contributed by atoms with Gasteiger partial charge in [-0.25, -0.2) is 0 Å². The van der Waals surface area contributed by atoms with Crippen molar-refractivity contribution in [2.75, 3.05) is 7.11 Å². The Morgan fingerprint density at radius 2 is 1.17 bits per heavy atom. The normalized spacial score (nSPS) is 12.3. The number of hydrogen-bond donors (Lipinski definition) is 0. The Hall–Kier alpha value is -1.95. The van der Waals surface area contributed by atoms with E-state index in [0.29, 0.717) is 0 Å². The van der Waals surface area contributed by atoms with Crippen LogP contribution in [0.5, 0.6) is 0 Å². The molecule has 0 aliphatic carbocycles. The molecule has 0 N–H and O–H groups in total. The zero-order valence-corrected chi connectivity index (χ0v) is 14.4. The van der Waals surface area contributed by atoms with Gasteiger partial charge >= 0.3 is 0 Å². The van der Waals surface area contributed by atoms with Crippen LogP contribution in [0.2, 0.25) is 0 Å². The molecule has 3 aromatic rings. The maximum absolute atomic E-state index is 5.61. The van der Waals surface area contributed by atoms with Gasteiger partial charge in [-0.05, 0) is 36.3 Å². The lowest BCUT2D eigenvalue weighted by Gasteiger charge is -2.24. The van der Waals surface area contributed by atoms with Crippen molar-refractivity contribution >= 4 is 23.8 Å². The van der Waals surface area contributed by atoms with Crippen LogP contribution in [0, 0.1) is 0 Å². The van der Waals surface area contributed by atoms with Crippen LogP contribution >= 0.6 is 7.92 Å². The number of benzene rings is 3. The van der Waals surface area contributed by atoms with Crippen LogP contribution in [-0.2, 0) is 4.74 Å². The van der Waals surface area contributed by atoms with Crippen LogP contribution in [0.25, 0.3) is 0 Å². The second-order valence-electron chi connectivity index (χ2n) is 5.44. The highest BCUT2D eigenvalue weighted by Crippen LogP contribution is 2.35. The van der Waals surface area contributed by atoms with E-state index in [2.05, 4.69) is 91.9 Å². The van der Waals surface area contributed by atoms with Gasteiger partial charge < -0.3 is 4.74 Å². The molecule has 0 aromatic heterocycles. The lowest BCUT2D eigenvalue weighted by atomic mass is 10.1. The molecule has 0 saturated heterocycles. The van der Waals surface area contributed by atoms with Gasteiger partial charge in [0.05, 0.1) is 6.10 Å². The smallest absolute Gasteiger partial charge is 0.0799 e. The Kier molecular flexibility index (Phi) is 5.23. The maximum atomic E-state index is 5.61. The average molecular weight is 320 g/mol. The van der Waals surface area contributed by atoms with Crippen molar-refractivity contribution in [2.45, 2.75) is 13.0 Å². The van der Waals surface area contributed by atoms with Crippen molar-refractivity contribution in [3.63, 3.8) is 0 Å². The van der Waals surface area contributed by atoms with Gasteiger partial charge in [0.15, 0.2) is 0 Å². The van der Waals surface area contributed by atoms with Crippen LogP contribution in [0.3, 0.4) is 0 Å². The summed E-state index contributed by atoms with van der Waals surface area (Å²) in [6.45, 7) is 2.11. The fraction of sp³-hybridized carbons (Fsp3) is 0.143. The average Bonchev–Trinajstić information content (AvgIpc) is 2.63. The van der Waals surface area contributed by atoms with Crippen molar-refractivity contribution in [1.82, 2.24) is 0 Å². The lowest BCUT2D eigenvalue weighted by Crippen LogP contribution is -2.24. The third kappa shape index (κ3) is 3.52. The number of hydrogen-bond acceptors (Lipinski definition) is 1. The summed E-state index contributed by atoms with van der Waals surface area (Å²) in [6.07, 6.45) is 0.0867. The minimum Gasteiger partial charge on any atom is -0.377 e. The Labute approximate surface area is 139 Å². The Morgan fingerprint density at radius 1 is 0.696 bits per heavy atom. The van der Waals surface area contributed by atoms with E-state index in [0.717, 1.165) is 0 Å². The zero-order valence-electron chi connectivity index (χ0n) is 13.5. The predicted molar refractivity (Wildman–Crippen MR) is 101 cm³/mol. The summed E-state index contributed by atoms with van der Waals surface area (Å²) in [5.74, 6) is 0. The van der Waals surface area contributed by atoms with E-state index < -0.39 is 7.92 Å². The second-order valence-corrected chi connectivity index (χ2v) is 7.63. The summed E-state index contributed by atoms with van der Waals surface area (Å²) in [5.41, 5.74) is 1.27. The third-order valence-corrected chi connectivity index (χ3v) is 6.52. The molecule has 2 heteroatoms. The molecular formula is C21H21OP. The Morgan fingerprint density at radius 3 is 1.70 bits per heavy atom. The van der Waals surface area contributed by atoms with E-state index in [1.54, 1.807) is 7.11 Å². The molecule has 1 atom stereocenters. The van der Waals surface area contributed by atoms with Gasteiger partial charge in [0.1, 0.15) is 0 Å². The molecule has 0 saturated carbocycles. The van der Waals surface area contributed by atoms with E-state index in [9.17, 15) is 0 Å². The minimum atomic E-state index is -0.585. The van der Waals surface area contributed by atoms with Gasteiger partial charge in [-0.1, -0.05) is 84.9 Å². The zero-order chi connectivity index (χ0) is 16.1. The molecule has 1 unspecified atom stereocenters. The standard InChI is InChI=1S/C21H21OP/c1-17(22-2)20-15-9-10-16-21(20)23(18-11-5-3-6-12-18)19-13-7-4-8-14-19/h3-17H,1-2H3. The molecule has 0 amide bonds. The highest BCUT2D eigenvalue weighted by Gasteiger charge is 2.21. The van der Waals surface area contributed by atoms with Crippen LogP contribution in [0.4, 0.5) is 0 Å². The van der Waals surface area contributed by atoms with Gasteiger partial charge in [-0.2, -0.15) is 0 Å². The summed E-state index contributed by atoms with van der Waals surface area (Å²) in [7, 11) is 1.19. The molecule has 0 aliphatic heterocycles. The molecule has 116 valence electrons. The van der Waals surface area contributed by atoms with E-state index in [1.807, 2.05) is 0 Å². The third-order valence-electron chi connectivity index (χ3n) is 4.00. The minimum absolute atomic E-state index is 0.0867. The van der Waals surface area contributed by atoms with Crippen LogP contribution in [0.15, 0.2) is 84.9 Å². The molecule has 0 spiro atoms. The van der Waals surface area contributed by atoms with Crippen LogP contribution in [-0.4, -0.2) is 7.11 Å². The predicted octanol–water partition coefficient (Wildman–Crippen LogP) is 4.15. The van der Waals surface area contributed by atoms with Crippen LogP contribution in [0.1, 0.15) is 18.6 Å². The molecule has 3 rings (SSSR count). The van der Waals surface area contributed by atoms with Crippen molar-refractivity contribution in [3.8, 4) is 0 Å². The molecule has 0 fully saturated rings. The van der Waals surface area contributed by atoms with Gasteiger partial charge in [-0.15, -0.1) is 0 Å². The number of ether oxygens (including phenoxy) is 1. The monoisotopic (exact) mass is 320 g/mol. The summed E-state index contributed by atoms with van der Waals surface area (Å²) in [4.78, 5) is 0. The van der Waals surface area contributed by atoms with Crippen molar-refractivity contribution in [3.05, 3.63) is 90.5 Å². The highest BCUT2D eigenvalue weighted by atomic mass is 31.1. The Balaban J connectivity index is 2.18. The maximum Gasteiger partial charge on any atom is 0.0799 e. The van der Waals surface area contributed by atoms with Crippen molar-refractivity contribution in [2.24, 2.45) is 0 Å². The first kappa shape index (κ1) is 15.9. The molecule has 1 nitrogen and oxygen atoms in total.